The fourth-order valence-electron chi connectivity index (χ4n) is 1.50. The van der Waals surface area contributed by atoms with E-state index in [1.54, 1.807) is 0 Å². The van der Waals surface area contributed by atoms with Crippen molar-refractivity contribution < 1.29 is 13.2 Å². The molecule has 0 bridgehead atoms. The molecule has 1 fully saturated rings. The van der Waals surface area contributed by atoms with Crippen molar-refractivity contribution in [1.82, 2.24) is 5.32 Å². The number of hydrogen-bond donors (Lipinski definition) is 1. The minimum Gasteiger partial charge on any atom is -0.314 e. The predicted octanol–water partition coefficient (Wildman–Crippen LogP) is 3.41. The van der Waals surface area contributed by atoms with Gasteiger partial charge in [0.05, 0.1) is 0 Å². The van der Waals surface area contributed by atoms with Gasteiger partial charge in [0.2, 0.25) is 0 Å². The van der Waals surface area contributed by atoms with E-state index < -0.39 is 5.51 Å². The summed E-state index contributed by atoms with van der Waals surface area (Å²) in [5.74, 6) is 0.198. The van der Waals surface area contributed by atoms with Gasteiger partial charge < -0.3 is 5.32 Å². The highest BCUT2D eigenvalue weighted by molar-refractivity contribution is 8.00. The topological polar surface area (TPSA) is 12.0 Å². The van der Waals surface area contributed by atoms with E-state index in [4.69, 9.17) is 0 Å². The highest BCUT2D eigenvalue weighted by atomic mass is 32.2. The number of hydrogen-bond acceptors (Lipinski definition) is 2. The van der Waals surface area contributed by atoms with Crippen LogP contribution in [0.4, 0.5) is 13.2 Å². The van der Waals surface area contributed by atoms with E-state index in [1.165, 1.54) is 0 Å². The van der Waals surface area contributed by atoms with E-state index in [2.05, 4.69) is 19.2 Å². The number of nitrogens with one attached hydrogen (secondary N) is 1. The average Bonchev–Trinajstić information content (AvgIpc) is 2.80. The smallest absolute Gasteiger partial charge is 0.314 e. The summed E-state index contributed by atoms with van der Waals surface area (Å²) in [5.41, 5.74) is -3.90. The highest BCUT2D eigenvalue weighted by Crippen LogP contribution is 2.49. The second-order valence-electron chi connectivity index (χ2n) is 4.58. The highest BCUT2D eigenvalue weighted by Gasteiger charge is 2.42. The summed E-state index contributed by atoms with van der Waals surface area (Å²) in [7, 11) is 0. The Kier molecular flexibility index (Phi) is 4.35. The van der Waals surface area contributed by atoms with Crippen LogP contribution in [-0.4, -0.2) is 23.8 Å². The zero-order valence-corrected chi connectivity index (χ0v) is 9.97. The molecule has 0 atom stereocenters. The fourth-order valence-corrected chi connectivity index (χ4v) is 2.26. The van der Waals surface area contributed by atoms with Crippen LogP contribution in [0.15, 0.2) is 0 Å². The van der Waals surface area contributed by atoms with Crippen molar-refractivity contribution in [3.8, 4) is 0 Å². The monoisotopic (exact) mass is 241 g/mol. The van der Waals surface area contributed by atoms with Crippen molar-refractivity contribution in [2.24, 2.45) is 5.41 Å². The van der Waals surface area contributed by atoms with Gasteiger partial charge in [-0.2, -0.15) is 13.2 Å². The van der Waals surface area contributed by atoms with E-state index in [1.807, 2.05) is 0 Å². The zero-order valence-electron chi connectivity index (χ0n) is 9.16. The maximum absolute atomic E-state index is 11.9. The first kappa shape index (κ1) is 13.2. The van der Waals surface area contributed by atoms with Gasteiger partial charge >= 0.3 is 5.51 Å². The summed E-state index contributed by atoms with van der Waals surface area (Å²) >= 11 is 0.107. The molecule has 0 amide bonds. The van der Waals surface area contributed by atoms with E-state index in [0.717, 1.165) is 19.4 Å². The number of halogens is 3. The Bertz CT molecular complexity index is 199. The van der Waals surface area contributed by atoms with Gasteiger partial charge in [0, 0.05) is 18.3 Å². The van der Waals surface area contributed by atoms with Crippen LogP contribution < -0.4 is 5.32 Å². The Labute approximate surface area is 93.2 Å². The first-order chi connectivity index (χ1) is 6.83. The van der Waals surface area contributed by atoms with Gasteiger partial charge in [-0.25, -0.2) is 0 Å². The largest absolute Gasteiger partial charge is 0.441 e. The molecule has 0 saturated heterocycles. The second kappa shape index (κ2) is 4.95. The first-order valence-corrected chi connectivity index (χ1v) is 6.26. The lowest BCUT2D eigenvalue weighted by Crippen LogP contribution is -2.30. The van der Waals surface area contributed by atoms with E-state index in [-0.39, 0.29) is 22.9 Å². The van der Waals surface area contributed by atoms with Crippen LogP contribution in [0.5, 0.6) is 0 Å². The number of rotatable bonds is 6. The number of thioether (sulfide) groups is 1. The number of alkyl halides is 3. The molecule has 1 nitrogen and oxygen atoms in total. The normalized spacial score (nSPS) is 19.6. The predicted molar refractivity (Wildman–Crippen MR) is 57.9 cm³/mol. The van der Waals surface area contributed by atoms with Gasteiger partial charge in [-0.3, -0.25) is 0 Å². The molecular weight excluding hydrogens is 223 g/mol. The van der Waals surface area contributed by atoms with Crippen LogP contribution in [0, 0.1) is 5.41 Å². The third kappa shape index (κ3) is 5.66. The lowest BCUT2D eigenvalue weighted by molar-refractivity contribution is -0.0328. The minimum absolute atomic E-state index is 0.107. The lowest BCUT2D eigenvalue weighted by atomic mass is 10.0. The van der Waals surface area contributed by atoms with E-state index in [0.29, 0.717) is 12.5 Å². The van der Waals surface area contributed by atoms with Crippen LogP contribution in [0.25, 0.3) is 0 Å². The second-order valence-corrected chi connectivity index (χ2v) is 5.74. The molecule has 0 spiro atoms. The van der Waals surface area contributed by atoms with Crippen LogP contribution in [-0.2, 0) is 0 Å². The van der Waals surface area contributed by atoms with Gasteiger partial charge in [-0.15, -0.1) is 0 Å². The van der Waals surface area contributed by atoms with Gasteiger partial charge in [0.1, 0.15) is 0 Å². The molecule has 1 rings (SSSR count). The van der Waals surface area contributed by atoms with Crippen LogP contribution >= 0.6 is 11.8 Å². The maximum atomic E-state index is 11.9. The molecule has 0 aromatic heterocycles. The first-order valence-electron chi connectivity index (χ1n) is 5.27. The minimum atomic E-state index is -4.07. The summed E-state index contributed by atoms with van der Waals surface area (Å²) in [6.45, 7) is 4.98. The van der Waals surface area contributed by atoms with Gasteiger partial charge in [0.25, 0.3) is 0 Å². The van der Waals surface area contributed by atoms with Crippen molar-refractivity contribution in [3.05, 3.63) is 0 Å². The molecule has 5 heteroatoms. The molecule has 90 valence electrons. The van der Waals surface area contributed by atoms with Crippen LogP contribution in [0.3, 0.4) is 0 Å². The molecule has 0 unspecified atom stereocenters. The lowest BCUT2D eigenvalue weighted by Gasteiger charge is -2.18. The summed E-state index contributed by atoms with van der Waals surface area (Å²) < 4.78 is 35.7. The van der Waals surface area contributed by atoms with Crippen molar-refractivity contribution in [3.63, 3.8) is 0 Å². The molecule has 1 saturated carbocycles. The summed E-state index contributed by atoms with van der Waals surface area (Å²) in [6.07, 6.45) is 2.83. The molecular formula is C10H18F3NS. The Morgan fingerprint density at radius 1 is 1.33 bits per heavy atom. The molecule has 1 aliphatic carbocycles. The Morgan fingerprint density at radius 3 is 2.33 bits per heavy atom. The fraction of sp³-hybridized carbons (Fsp3) is 1.00. The third-order valence-electron chi connectivity index (χ3n) is 2.74. The van der Waals surface area contributed by atoms with Gasteiger partial charge in [0.15, 0.2) is 0 Å². The summed E-state index contributed by atoms with van der Waals surface area (Å²) in [6, 6.07) is 0.415. The Morgan fingerprint density at radius 2 is 1.93 bits per heavy atom. The molecule has 0 aliphatic heterocycles. The van der Waals surface area contributed by atoms with E-state index in [9.17, 15) is 13.2 Å². The van der Waals surface area contributed by atoms with Crippen molar-refractivity contribution >= 4 is 11.8 Å². The molecule has 15 heavy (non-hydrogen) atoms. The SMILES string of the molecule is CC(C)NCC1(CCSC(F)(F)F)CC1. The summed E-state index contributed by atoms with van der Waals surface area (Å²) in [4.78, 5) is 0. The Balaban J connectivity index is 2.15. The van der Waals surface area contributed by atoms with E-state index >= 15 is 0 Å². The van der Waals surface area contributed by atoms with Crippen molar-refractivity contribution in [2.45, 2.75) is 44.7 Å². The van der Waals surface area contributed by atoms with Crippen LogP contribution in [0.1, 0.15) is 33.1 Å². The molecule has 0 radical (unpaired) electrons. The maximum Gasteiger partial charge on any atom is 0.441 e. The van der Waals surface area contributed by atoms with Crippen molar-refractivity contribution in [1.29, 1.82) is 0 Å². The standard InChI is InChI=1S/C10H18F3NS/c1-8(2)14-7-9(3-4-9)5-6-15-10(11,12)13/h8,14H,3-7H2,1-2H3. The molecule has 1 aliphatic rings. The molecule has 0 aromatic carbocycles. The molecule has 1 N–H and O–H groups in total. The van der Waals surface area contributed by atoms with Crippen molar-refractivity contribution in [2.75, 3.05) is 12.3 Å². The Hall–Kier alpha value is 0.100. The van der Waals surface area contributed by atoms with Gasteiger partial charge in [-0.05, 0) is 24.7 Å². The summed E-state index contributed by atoms with van der Waals surface area (Å²) in [5, 5.41) is 3.31. The third-order valence-corrected chi connectivity index (χ3v) is 3.48. The molecule has 0 heterocycles. The average molecular weight is 241 g/mol. The molecule has 0 aromatic rings. The van der Waals surface area contributed by atoms with Gasteiger partial charge in [-0.1, -0.05) is 25.6 Å². The van der Waals surface area contributed by atoms with Crippen LogP contribution in [0.2, 0.25) is 0 Å². The zero-order chi connectivity index (χ0) is 11.5. The quantitative estimate of drug-likeness (QED) is 0.765.